The molecule has 2 fully saturated rings. The molecule has 0 unspecified atom stereocenters. The number of piperidine rings is 1. The minimum Gasteiger partial charge on any atom is -0.341 e. The quantitative estimate of drug-likeness (QED) is 0.852. The van der Waals surface area contributed by atoms with Gasteiger partial charge in [-0.3, -0.25) is 4.90 Å². The molecular formula is C18H31N5. The lowest BCUT2D eigenvalue weighted by atomic mass is 9.78. The van der Waals surface area contributed by atoms with Crippen LogP contribution in [0.5, 0.6) is 0 Å². The van der Waals surface area contributed by atoms with Crippen LogP contribution in [0.15, 0.2) is 12.4 Å². The van der Waals surface area contributed by atoms with Crippen molar-refractivity contribution in [1.82, 2.24) is 19.8 Å². The van der Waals surface area contributed by atoms with Crippen molar-refractivity contribution < 1.29 is 0 Å². The highest BCUT2D eigenvalue weighted by molar-refractivity contribution is 5.30. The summed E-state index contributed by atoms with van der Waals surface area (Å²) < 4.78 is 0. The van der Waals surface area contributed by atoms with Gasteiger partial charge in [-0.1, -0.05) is 0 Å². The van der Waals surface area contributed by atoms with Gasteiger partial charge in [0, 0.05) is 57.2 Å². The number of likely N-dealkylation sites (N-methyl/N-ethyl adjacent to an activating group) is 1. The molecule has 0 spiro atoms. The molecule has 23 heavy (non-hydrogen) atoms. The molecule has 0 aliphatic carbocycles. The Morgan fingerprint density at radius 1 is 0.957 bits per heavy atom. The zero-order chi connectivity index (χ0) is 16.4. The van der Waals surface area contributed by atoms with Crippen LogP contribution in [0.4, 0.5) is 5.95 Å². The molecule has 128 valence electrons. The zero-order valence-electron chi connectivity index (χ0n) is 15.1. The predicted octanol–water partition coefficient (Wildman–Crippen LogP) is 2.03. The number of aryl methyl sites for hydroxylation is 1. The minimum absolute atomic E-state index is 0.293. The fourth-order valence-corrected chi connectivity index (χ4v) is 3.98. The maximum absolute atomic E-state index is 4.49. The van der Waals surface area contributed by atoms with E-state index in [1.165, 1.54) is 39.0 Å². The Balaban J connectivity index is 1.58. The third-order valence-corrected chi connectivity index (χ3v) is 5.86. The zero-order valence-corrected chi connectivity index (χ0v) is 15.1. The Morgan fingerprint density at radius 2 is 1.52 bits per heavy atom. The van der Waals surface area contributed by atoms with Gasteiger partial charge in [-0.15, -0.1) is 0 Å². The molecule has 2 saturated heterocycles. The Labute approximate surface area is 140 Å². The van der Waals surface area contributed by atoms with E-state index in [-0.39, 0.29) is 0 Å². The smallest absolute Gasteiger partial charge is 0.225 e. The summed E-state index contributed by atoms with van der Waals surface area (Å²) in [6.45, 7) is 13.9. The van der Waals surface area contributed by atoms with Crippen molar-refractivity contribution in [1.29, 1.82) is 0 Å². The van der Waals surface area contributed by atoms with Crippen LogP contribution in [0.2, 0.25) is 0 Å². The van der Waals surface area contributed by atoms with Crippen molar-refractivity contribution in [2.24, 2.45) is 5.92 Å². The molecule has 3 heterocycles. The lowest BCUT2D eigenvalue weighted by molar-refractivity contribution is 0.0147. The molecule has 5 nitrogen and oxygen atoms in total. The van der Waals surface area contributed by atoms with Gasteiger partial charge < -0.3 is 9.80 Å². The van der Waals surface area contributed by atoms with E-state index in [2.05, 4.69) is 45.6 Å². The summed E-state index contributed by atoms with van der Waals surface area (Å²) in [5.74, 6) is 1.65. The molecule has 5 heteroatoms. The molecule has 2 aliphatic heterocycles. The number of anilines is 1. The van der Waals surface area contributed by atoms with E-state index in [9.17, 15) is 0 Å². The molecule has 0 atom stereocenters. The van der Waals surface area contributed by atoms with E-state index < -0.39 is 0 Å². The summed E-state index contributed by atoms with van der Waals surface area (Å²) in [5, 5.41) is 0. The van der Waals surface area contributed by atoms with Crippen molar-refractivity contribution in [2.75, 3.05) is 51.2 Å². The average Bonchev–Trinajstić information content (AvgIpc) is 2.56. The van der Waals surface area contributed by atoms with Gasteiger partial charge in [-0.05, 0) is 52.1 Å². The first-order valence-corrected chi connectivity index (χ1v) is 8.94. The second kappa shape index (κ2) is 6.73. The molecule has 3 rings (SSSR count). The Morgan fingerprint density at radius 3 is 2.09 bits per heavy atom. The highest BCUT2D eigenvalue weighted by Crippen LogP contribution is 2.34. The predicted molar refractivity (Wildman–Crippen MR) is 94.9 cm³/mol. The van der Waals surface area contributed by atoms with Crippen LogP contribution in [-0.4, -0.2) is 71.6 Å². The van der Waals surface area contributed by atoms with Gasteiger partial charge in [0.15, 0.2) is 0 Å². The van der Waals surface area contributed by atoms with Gasteiger partial charge in [0.25, 0.3) is 0 Å². The van der Waals surface area contributed by atoms with E-state index in [1.807, 2.05) is 19.3 Å². The van der Waals surface area contributed by atoms with Crippen molar-refractivity contribution in [3.63, 3.8) is 0 Å². The second-order valence-electron chi connectivity index (χ2n) is 7.77. The fourth-order valence-electron chi connectivity index (χ4n) is 3.98. The summed E-state index contributed by atoms with van der Waals surface area (Å²) in [7, 11) is 2.23. The summed E-state index contributed by atoms with van der Waals surface area (Å²) in [6, 6.07) is 0. The Kier molecular flexibility index (Phi) is 4.87. The normalized spacial score (nSPS) is 22.5. The van der Waals surface area contributed by atoms with Crippen molar-refractivity contribution in [3.8, 4) is 0 Å². The molecule has 0 aromatic carbocycles. The molecule has 1 aromatic heterocycles. The van der Waals surface area contributed by atoms with Gasteiger partial charge in [-0.25, -0.2) is 9.97 Å². The van der Waals surface area contributed by atoms with Gasteiger partial charge in [0.1, 0.15) is 0 Å². The first-order valence-electron chi connectivity index (χ1n) is 8.94. The standard InChI is InChI=1S/C18H31N5/c1-15-13-19-17(20-14-15)22-7-5-16(6-8-22)18(2,3)23-11-9-21(4)10-12-23/h13-14,16H,5-12H2,1-4H3. The van der Waals surface area contributed by atoms with Crippen LogP contribution in [0.3, 0.4) is 0 Å². The SMILES string of the molecule is Cc1cnc(N2CCC(C(C)(C)N3CCN(C)CC3)CC2)nc1. The maximum Gasteiger partial charge on any atom is 0.225 e. The van der Waals surface area contributed by atoms with Gasteiger partial charge in [0.05, 0.1) is 0 Å². The van der Waals surface area contributed by atoms with Crippen LogP contribution >= 0.6 is 0 Å². The minimum atomic E-state index is 0.293. The molecule has 0 bridgehead atoms. The molecule has 1 aromatic rings. The third-order valence-electron chi connectivity index (χ3n) is 5.86. The molecule has 0 saturated carbocycles. The number of nitrogens with zero attached hydrogens (tertiary/aromatic N) is 5. The molecule has 0 N–H and O–H groups in total. The van der Waals surface area contributed by atoms with Gasteiger partial charge in [0.2, 0.25) is 5.95 Å². The van der Waals surface area contributed by atoms with Crippen LogP contribution in [-0.2, 0) is 0 Å². The third kappa shape index (κ3) is 3.66. The van der Waals surface area contributed by atoms with E-state index >= 15 is 0 Å². The van der Waals surface area contributed by atoms with Crippen molar-refractivity contribution in [2.45, 2.75) is 39.2 Å². The number of aromatic nitrogens is 2. The van der Waals surface area contributed by atoms with Gasteiger partial charge in [-0.2, -0.15) is 0 Å². The Hall–Kier alpha value is -1.20. The van der Waals surface area contributed by atoms with Gasteiger partial charge >= 0.3 is 0 Å². The van der Waals surface area contributed by atoms with E-state index in [1.54, 1.807) is 0 Å². The number of hydrogen-bond donors (Lipinski definition) is 0. The lowest BCUT2D eigenvalue weighted by Crippen LogP contribution is -2.58. The molecule has 0 amide bonds. The topological polar surface area (TPSA) is 35.5 Å². The molecule has 0 radical (unpaired) electrons. The Bertz CT molecular complexity index is 497. The van der Waals surface area contributed by atoms with Crippen molar-refractivity contribution >= 4 is 5.95 Å². The van der Waals surface area contributed by atoms with Crippen molar-refractivity contribution in [3.05, 3.63) is 18.0 Å². The summed E-state index contributed by atoms with van der Waals surface area (Å²) >= 11 is 0. The lowest BCUT2D eigenvalue weighted by Gasteiger charge is -2.49. The maximum atomic E-state index is 4.49. The first kappa shape index (κ1) is 16.7. The average molecular weight is 317 g/mol. The number of rotatable bonds is 3. The molecule has 2 aliphatic rings. The summed E-state index contributed by atoms with van der Waals surface area (Å²) in [5.41, 5.74) is 1.42. The number of piperazine rings is 1. The molecular weight excluding hydrogens is 286 g/mol. The number of hydrogen-bond acceptors (Lipinski definition) is 5. The summed E-state index contributed by atoms with van der Waals surface area (Å²) in [6.07, 6.45) is 6.30. The fraction of sp³-hybridized carbons (Fsp3) is 0.778. The van der Waals surface area contributed by atoms with Crippen LogP contribution in [0.1, 0.15) is 32.3 Å². The highest BCUT2D eigenvalue weighted by Gasteiger charge is 2.38. The van der Waals surface area contributed by atoms with E-state index in [0.29, 0.717) is 5.54 Å². The first-order chi connectivity index (χ1) is 11.0. The van der Waals surface area contributed by atoms with Crippen LogP contribution in [0.25, 0.3) is 0 Å². The summed E-state index contributed by atoms with van der Waals surface area (Å²) in [4.78, 5) is 16.5. The monoisotopic (exact) mass is 317 g/mol. The van der Waals surface area contributed by atoms with E-state index in [4.69, 9.17) is 0 Å². The largest absolute Gasteiger partial charge is 0.341 e. The second-order valence-corrected chi connectivity index (χ2v) is 7.77. The highest BCUT2D eigenvalue weighted by atomic mass is 15.3. The van der Waals surface area contributed by atoms with E-state index in [0.717, 1.165) is 30.5 Å². The van der Waals surface area contributed by atoms with Crippen LogP contribution < -0.4 is 4.90 Å². The van der Waals surface area contributed by atoms with Crippen LogP contribution in [0, 0.1) is 12.8 Å².